The van der Waals surface area contributed by atoms with Gasteiger partial charge in [0, 0.05) is 63.7 Å². The lowest BCUT2D eigenvalue weighted by molar-refractivity contribution is -0.122. The molecule has 9 nitrogen and oxygen atoms in total. The van der Waals surface area contributed by atoms with Gasteiger partial charge in [0.15, 0.2) is 0 Å². The monoisotopic (exact) mass is 806 g/mol. The Labute approximate surface area is 354 Å². The number of nitrogens with one attached hydrogen (secondary N) is 2. The molecule has 0 unspecified atom stereocenters. The molecule has 1 aromatic heterocycles. The van der Waals surface area contributed by atoms with E-state index in [1.54, 1.807) is 7.05 Å². The number of rotatable bonds is 28. The predicted octanol–water partition coefficient (Wildman–Crippen LogP) is 11.1. The lowest BCUT2D eigenvalue weighted by Gasteiger charge is -2.28. The van der Waals surface area contributed by atoms with Crippen LogP contribution in [0.15, 0.2) is 78.9 Å². The topological polar surface area (TPSA) is 95.9 Å². The number of aromatic nitrogens is 1. The maximum Gasteiger partial charge on any atom is 0.424 e. The Balaban J connectivity index is 0.939. The molecule has 9 heteroatoms. The van der Waals surface area contributed by atoms with Gasteiger partial charge in [0.25, 0.3) is 0 Å². The molecule has 3 amide bonds. The minimum Gasteiger partial charge on any atom is -0.447 e. The Morgan fingerprint density at radius 3 is 1.75 bits per heavy atom. The molecule has 4 aromatic rings. The minimum absolute atomic E-state index is 0.00467. The second kappa shape index (κ2) is 25.1. The third-order valence-corrected chi connectivity index (χ3v) is 12.0. The van der Waals surface area contributed by atoms with E-state index < -0.39 is 6.09 Å². The second-order valence-corrected chi connectivity index (χ2v) is 16.5. The summed E-state index contributed by atoms with van der Waals surface area (Å²) >= 11 is 0. The Morgan fingerprint density at radius 2 is 1.14 bits per heavy atom. The zero-order valence-corrected chi connectivity index (χ0v) is 36.3. The van der Waals surface area contributed by atoms with E-state index in [2.05, 4.69) is 64.6 Å². The Bertz CT molecular complexity index is 1840. The fourth-order valence-corrected chi connectivity index (χ4v) is 8.41. The van der Waals surface area contributed by atoms with Crippen molar-refractivity contribution in [3.05, 3.63) is 95.7 Å². The van der Waals surface area contributed by atoms with Crippen LogP contribution >= 0.6 is 0 Å². The number of hydrazine groups is 1. The maximum atomic E-state index is 13.3. The van der Waals surface area contributed by atoms with Crippen LogP contribution in [0.2, 0.25) is 0 Å². The van der Waals surface area contributed by atoms with E-state index in [0.717, 1.165) is 48.7 Å². The molecule has 1 aliphatic carbocycles. The zero-order valence-electron chi connectivity index (χ0n) is 36.3. The lowest BCUT2D eigenvalue weighted by Crippen LogP contribution is -2.41. The molecule has 0 spiro atoms. The first-order valence-electron chi connectivity index (χ1n) is 22.8. The average Bonchev–Trinajstić information content (AvgIpc) is 3.77. The maximum absolute atomic E-state index is 13.3. The van der Waals surface area contributed by atoms with Crippen LogP contribution in [0.25, 0.3) is 22.0 Å². The van der Waals surface area contributed by atoms with Crippen molar-refractivity contribution in [3.8, 4) is 11.1 Å². The van der Waals surface area contributed by atoms with Gasteiger partial charge in [-0.25, -0.2) is 14.8 Å². The number of para-hydroxylation sites is 1. The van der Waals surface area contributed by atoms with Crippen molar-refractivity contribution in [2.24, 2.45) is 0 Å². The highest BCUT2D eigenvalue weighted by Gasteiger charge is 2.30. The molecule has 2 N–H and O–H groups in total. The molecule has 59 heavy (non-hydrogen) atoms. The Hall–Kier alpha value is -4.63. The van der Waals surface area contributed by atoms with Gasteiger partial charge >= 0.3 is 6.09 Å². The Morgan fingerprint density at radius 1 is 0.627 bits per heavy atom. The van der Waals surface area contributed by atoms with E-state index in [4.69, 9.17) is 4.74 Å². The van der Waals surface area contributed by atoms with Crippen molar-refractivity contribution in [1.29, 1.82) is 0 Å². The fourth-order valence-electron chi connectivity index (χ4n) is 8.41. The van der Waals surface area contributed by atoms with Crippen LogP contribution in [-0.2, 0) is 27.4 Å². The third-order valence-electron chi connectivity index (χ3n) is 12.0. The van der Waals surface area contributed by atoms with Gasteiger partial charge in [-0.15, -0.1) is 0 Å². The number of fused-ring (bicyclic) bond motifs is 4. The number of unbranched alkanes of at least 4 members (excludes halogenated alkanes) is 14. The lowest BCUT2D eigenvalue weighted by atomic mass is 9.98. The van der Waals surface area contributed by atoms with Crippen LogP contribution in [0.5, 0.6) is 0 Å². The van der Waals surface area contributed by atoms with E-state index in [0.29, 0.717) is 39.0 Å². The van der Waals surface area contributed by atoms with Crippen LogP contribution in [0.1, 0.15) is 145 Å². The van der Waals surface area contributed by atoms with E-state index in [-0.39, 0.29) is 24.3 Å². The van der Waals surface area contributed by atoms with Gasteiger partial charge < -0.3 is 19.9 Å². The highest BCUT2D eigenvalue weighted by atomic mass is 16.6. The number of carbonyl (C=O) groups excluding carboxylic acids is 3. The van der Waals surface area contributed by atoms with E-state index in [1.165, 1.54) is 97.9 Å². The van der Waals surface area contributed by atoms with Crippen molar-refractivity contribution >= 4 is 28.8 Å². The first-order valence-corrected chi connectivity index (χ1v) is 22.8. The highest BCUT2D eigenvalue weighted by Crippen LogP contribution is 2.44. The molecule has 1 heterocycles. The first-order chi connectivity index (χ1) is 28.9. The zero-order chi connectivity index (χ0) is 41.7. The number of hydrogen-bond acceptors (Lipinski definition) is 5. The third kappa shape index (κ3) is 14.3. The normalized spacial score (nSPS) is 12.1. The molecule has 320 valence electrons. The van der Waals surface area contributed by atoms with Crippen LogP contribution in [-0.4, -0.2) is 66.3 Å². The van der Waals surface area contributed by atoms with E-state index >= 15 is 0 Å². The molecule has 0 saturated heterocycles. The fraction of sp³-hybridized carbons (Fsp3) is 0.540. The second-order valence-electron chi connectivity index (χ2n) is 16.5. The van der Waals surface area contributed by atoms with E-state index in [9.17, 15) is 14.4 Å². The highest BCUT2D eigenvalue weighted by molar-refractivity contribution is 5.82. The van der Waals surface area contributed by atoms with Gasteiger partial charge in [-0.3, -0.25) is 9.59 Å². The van der Waals surface area contributed by atoms with Gasteiger partial charge in [0.05, 0.1) is 6.54 Å². The van der Waals surface area contributed by atoms with Crippen molar-refractivity contribution in [3.63, 3.8) is 0 Å². The molecule has 0 aliphatic heterocycles. The summed E-state index contributed by atoms with van der Waals surface area (Å²) in [6, 6.07) is 27.0. The van der Waals surface area contributed by atoms with Crippen LogP contribution < -0.4 is 10.6 Å². The van der Waals surface area contributed by atoms with Gasteiger partial charge in [-0.1, -0.05) is 151 Å². The van der Waals surface area contributed by atoms with Crippen molar-refractivity contribution in [1.82, 2.24) is 25.2 Å². The summed E-state index contributed by atoms with van der Waals surface area (Å²) in [5, 5.41) is 10.6. The van der Waals surface area contributed by atoms with Crippen molar-refractivity contribution in [2.45, 2.75) is 142 Å². The van der Waals surface area contributed by atoms with Crippen LogP contribution in [0, 0.1) is 0 Å². The standard InChI is InChI=1S/C50H71N5O4/c1-4-5-6-7-8-9-10-11-12-13-14-15-17-32-48(56)51-34-24-16-25-35-52-49(57)33-36-55-41(37-40-26-18-23-31-47(40)55)38-53(2)54(3)50(58)59-39-46-44-29-21-19-27-42(44)43-28-20-22-30-45(43)46/h18-23,26-31,37,46H,4-17,24-25,32-36,38-39H2,1-3H3,(H,51,56)(H,52,57). The number of nitrogens with zero attached hydrogens (tertiary/aromatic N) is 3. The number of aryl methyl sites for hydroxylation is 1. The number of benzene rings is 3. The smallest absolute Gasteiger partial charge is 0.424 e. The van der Waals surface area contributed by atoms with Crippen molar-refractivity contribution < 1.29 is 19.1 Å². The van der Waals surface area contributed by atoms with Gasteiger partial charge in [-0.2, -0.15) is 0 Å². The quantitative estimate of drug-likeness (QED) is 0.0440. The molecule has 0 fully saturated rings. The largest absolute Gasteiger partial charge is 0.447 e. The summed E-state index contributed by atoms with van der Waals surface area (Å²) in [6.07, 6.45) is 20.3. The van der Waals surface area contributed by atoms with Crippen molar-refractivity contribution in [2.75, 3.05) is 33.8 Å². The summed E-state index contributed by atoms with van der Waals surface area (Å²) in [4.78, 5) is 38.5. The number of amides is 3. The molecule has 0 atom stereocenters. The summed E-state index contributed by atoms with van der Waals surface area (Å²) in [6.45, 7) is 4.84. The van der Waals surface area contributed by atoms with Gasteiger partial charge in [0.1, 0.15) is 6.61 Å². The van der Waals surface area contributed by atoms with E-state index in [1.807, 2.05) is 48.5 Å². The molecule has 3 aromatic carbocycles. The van der Waals surface area contributed by atoms with Crippen LogP contribution in [0.4, 0.5) is 4.79 Å². The summed E-state index contributed by atoms with van der Waals surface area (Å²) in [5.74, 6) is 0.173. The number of carbonyl (C=O) groups is 3. The van der Waals surface area contributed by atoms with Gasteiger partial charge in [-0.05, 0) is 65.5 Å². The summed E-state index contributed by atoms with van der Waals surface area (Å²) in [7, 11) is 3.61. The molecule has 0 saturated carbocycles. The summed E-state index contributed by atoms with van der Waals surface area (Å²) < 4.78 is 8.10. The average molecular weight is 806 g/mol. The Kier molecular flexibility index (Phi) is 19.3. The molecule has 1 aliphatic rings. The van der Waals surface area contributed by atoms with Crippen LogP contribution in [0.3, 0.4) is 0 Å². The number of hydrogen-bond donors (Lipinski definition) is 2. The molecule has 0 bridgehead atoms. The molecule has 5 rings (SSSR count). The molecular formula is C50H71N5O4. The molecule has 0 radical (unpaired) electrons. The number of ether oxygens (including phenoxy) is 1. The molecular weight excluding hydrogens is 735 g/mol. The summed E-state index contributed by atoms with van der Waals surface area (Å²) in [5.41, 5.74) is 6.83. The van der Waals surface area contributed by atoms with Gasteiger partial charge in [0.2, 0.25) is 11.8 Å². The first kappa shape index (κ1) is 45.5. The predicted molar refractivity (Wildman–Crippen MR) is 241 cm³/mol. The minimum atomic E-state index is -0.413. The SMILES string of the molecule is CCCCCCCCCCCCCCCC(=O)NCCCCCNC(=O)CCn1c(CN(C)N(C)C(=O)OCC2c3ccccc3-c3ccccc32)cc2ccccc21.